The zero-order chi connectivity index (χ0) is 11.0. The van der Waals surface area contributed by atoms with Crippen molar-refractivity contribution >= 4 is 11.0 Å². The van der Waals surface area contributed by atoms with E-state index in [4.69, 9.17) is 4.42 Å². The zero-order valence-electron chi connectivity index (χ0n) is 8.42. The van der Waals surface area contributed by atoms with Crippen LogP contribution in [0, 0.1) is 0 Å². The molecule has 0 aliphatic carbocycles. The Morgan fingerprint density at radius 1 is 1.06 bits per heavy atom. The van der Waals surface area contributed by atoms with E-state index in [9.17, 15) is 5.11 Å². The summed E-state index contributed by atoms with van der Waals surface area (Å²) < 4.78 is 5.61. The summed E-state index contributed by atoms with van der Waals surface area (Å²) in [5.41, 5.74) is 1.47. The first-order valence-corrected chi connectivity index (χ1v) is 4.96. The number of fused-ring (bicyclic) bond motifs is 1. The first-order valence-electron chi connectivity index (χ1n) is 4.96. The predicted octanol–water partition coefficient (Wildman–Crippen LogP) is 3.20. The average Bonchev–Trinajstić information content (AvgIpc) is 2.76. The Hall–Kier alpha value is -2.29. The molecule has 0 amide bonds. The largest absolute Gasteiger partial charge is 0.504 e. The smallest absolute Gasteiger partial charge is 0.176 e. The second-order valence-electron chi connectivity index (χ2n) is 3.54. The highest BCUT2D eigenvalue weighted by atomic mass is 16.4. The van der Waals surface area contributed by atoms with Gasteiger partial charge in [0.2, 0.25) is 0 Å². The van der Waals surface area contributed by atoms with Gasteiger partial charge in [-0.1, -0.05) is 12.1 Å². The normalized spacial score (nSPS) is 10.8. The van der Waals surface area contributed by atoms with Gasteiger partial charge in [-0.3, -0.25) is 4.98 Å². The van der Waals surface area contributed by atoms with E-state index in [-0.39, 0.29) is 5.75 Å². The molecule has 0 unspecified atom stereocenters. The molecule has 3 aromatic rings. The monoisotopic (exact) mass is 211 g/mol. The molecule has 1 aromatic carbocycles. The number of hydrogen-bond donors (Lipinski definition) is 1. The Morgan fingerprint density at radius 2 is 1.88 bits per heavy atom. The van der Waals surface area contributed by atoms with E-state index in [1.165, 1.54) is 0 Å². The van der Waals surface area contributed by atoms with E-state index in [0.29, 0.717) is 5.58 Å². The standard InChI is InChI=1S/C13H9NO2/c15-11-3-1-2-10-8-12(16-13(10)11)9-4-6-14-7-5-9/h1-8,15H. The van der Waals surface area contributed by atoms with Crippen molar-refractivity contribution in [2.45, 2.75) is 0 Å². The maximum Gasteiger partial charge on any atom is 0.176 e. The SMILES string of the molecule is Oc1cccc2cc(-c3ccncc3)oc12. The lowest BCUT2D eigenvalue weighted by molar-refractivity contribution is 0.466. The Balaban J connectivity index is 2.23. The quantitative estimate of drug-likeness (QED) is 0.672. The number of rotatable bonds is 1. The lowest BCUT2D eigenvalue weighted by atomic mass is 10.2. The number of aromatic nitrogens is 1. The number of benzene rings is 1. The van der Waals surface area contributed by atoms with E-state index in [1.54, 1.807) is 24.5 Å². The number of phenolic OH excluding ortho intramolecular Hbond substituents is 1. The molecule has 0 fully saturated rings. The highest BCUT2D eigenvalue weighted by Crippen LogP contribution is 2.32. The van der Waals surface area contributed by atoms with Crippen molar-refractivity contribution in [3.63, 3.8) is 0 Å². The minimum atomic E-state index is 0.165. The summed E-state index contributed by atoms with van der Waals surface area (Å²) in [5.74, 6) is 0.900. The fraction of sp³-hybridized carbons (Fsp3) is 0. The van der Waals surface area contributed by atoms with Crippen molar-refractivity contribution in [1.29, 1.82) is 0 Å². The number of nitrogens with zero attached hydrogens (tertiary/aromatic N) is 1. The van der Waals surface area contributed by atoms with E-state index in [0.717, 1.165) is 16.7 Å². The van der Waals surface area contributed by atoms with Crippen molar-refractivity contribution in [3.8, 4) is 17.1 Å². The van der Waals surface area contributed by atoms with Gasteiger partial charge in [0.1, 0.15) is 5.76 Å². The maximum absolute atomic E-state index is 9.63. The third-order valence-corrected chi connectivity index (χ3v) is 2.49. The summed E-state index contributed by atoms with van der Waals surface area (Å²) in [6.45, 7) is 0. The van der Waals surface area contributed by atoms with Crippen LogP contribution in [-0.4, -0.2) is 10.1 Å². The summed E-state index contributed by atoms with van der Waals surface area (Å²) in [6.07, 6.45) is 3.42. The molecule has 0 saturated carbocycles. The van der Waals surface area contributed by atoms with Gasteiger partial charge in [0.25, 0.3) is 0 Å². The summed E-state index contributed by atoms with van der Waals surface area (Å²) in [7, 11) is 0. The van der Waals surface area contributed by atoms with Crippen molar-refractivity contribution in [2.75, 3.05) is 0 Å². The van der Waals surface area contributed by atoms with Gasteiger partial charge >= 0.3 is 0 Å². The summed E-state index contributed by atoms with van der Waals surface area (Å²) in [6, 6.07) is 11.0. The van der Waals surface area contributed by atoms with Crippen LogP contribution in [0.2, 0.25) is 0 Å². The lowest BCUT2D eigenvalue weighted by Gasteiger charge is -1.94. The van der Waals surface area contributed by atoms with Crippen LogP contribution in [0.1, 0.15) is 0 Å². The molecule has 3 nitrogen and oxygen atoms in total. The molecule has 3 heteroatoms. The van der Waals surface area contributed by atoms with Gasteiger partial charge < -0.3 is 9.52 Å². The fourth-order valence-corrected chi connectivity index (χ4v) is 1.71. The van der Waals surface area contributed by atoms with Gasteiger partial charge in [-0.2, -0.15) is 0 Å². The highest BCUT2D eigenvalue weighted by Gasteiger charge is 2.08. The molecule has 2 heterocycles. The molecule has 0 aliphatic rings. The molecule has 16 heavy (non-hydrogen) atoms. The van der Waals surface area contributed by atoms with Crippen LogP contribution in [0.3, 0.4) is 0 Å². The van der Waals surface area contributed by atoms with Gasteiger partial charge in [0.05, 0.1) is 0 Å². The van der Waals surface area contributed by atoms with E-state index >= 15 is 0 Å². The van der Waals surface area contributed by atoms with Gasteiger partial charge in [0.15, 0.2) is 11.3 Å². The first kappa shape index (κ1) is 8.97. The third kappa shape index (κ3) is 1.34. The molecule has 0 saturated heterocycles. The Kier molecular flexibility index (Phi) is 1.90. The molecule has 2 aromatic heterocycles. The average molecular weight is 211 g/mol. The molecular formula is C13H9NO2. The topological polar surface area (TPSA) is 46.3 Å². The second-order valence-corrected chi connectivity index (χ2v) is 3.54. The van der Waals surface area contributed by atoms with Crippen molar-refractivity contribution in [2.24, 2.45) is 0 Å². The van der Waals surface area contributed by atoms with Gasteiger partial charge in [-0.25, -0.2) is 0 Å². The molecule has 0 aliphatic heterocycles. The molecule has 1 N–H and O–H groups in total. The maximum atomic E-state index is 9.63. The lowest BCUT2D eigenvalue weighted by Crippen LogP contribution is -1.73. The van der Waals surface area contributed by atoms with Crippen LogP contribution in [0.5, 0.6) is 5.75 Å². The Bertz CT molecular complexity index is 629. The van der Waals surface area contributed by atoms with Crippen LogP contribution in [0.15, 0.2) is 53.2 Å². The van der Waals surface area contributed by atoms with Crippen LogP contribution in [0.25, 0.3) is 22.3 Å². The first-order chi connectivity index (χ1) is 7.84. The number of aromatic hydroxyl groups is 1. The third-order valence-electron chi connectivity index (χ3n) is 2.49. The predicted molar refractivity (Wildman–Crippen MR) is 61.1 cm³/mol. The number of pyridine rings is 1. The summed E-state index contributed by atoms with van der Waals surface area (Å²) in [4.78, 5) is 3.95. The molecule has 0 spiro atoms. The Labute approximate surface area is 92.0 Å². The molecule has 0 bridgehead atoms. The second kappa shape index (κ2) is 3.38. The molecular weight excluding hydrogens is 202 g/mol. The number of phenols is 1. The minimum Gasteiger partial charge on any atom is -0.504 e. The van der Waals surface area contributed by atoms with Gasteiger partial charge in [-0.15, -0.1) is 0 Å². The Morgan fingerprint density at radius 3 is 2.62 bits per heavy atom. The number of furan rings is 1. The van der Waals surface area contributed by atoms with Gasteiger partial charge in [0, 0.05) is 23.3 Å². The van der Waals surface area contributed by atoms with E-state index in [1.807, 2.05) is 24.3 Å². The van der Waals surface area contributed by atoms with Crippen LogP contribution >= 0.6 is 0 Å². The highest BCUT2D eigenvalue weighted by molar-refractivity contribution is 5.87. The number of para-hydroxylation sites is 1. The number of hydrogen-bond acceptors (Lipinski definition) is 3. The van der Waals surface area contributed by atoms with Crippen LogP contribution in [-0.2, 0) is 0 Å². The van der Waals surface area contributed by atoms with Crippen LogP contribution in [0.4, 0.5) is 0 Å². The van der Waals surface area contributed by atoms with Crippen molar-refractivity contribution in [1.82, 2.24) is 4.98 Å². The van der Waals surface area contributed by atoms with E-state index in [2.05, 4.69) is 4.98 Å². The fourth-order valence-electron chi connectivity index (χ4n) is 1.71. The molecule has 3 rings (SSSR count). The zero-order valence-corrected chi connectivity index (χ0v) is 8.42. The van der Waals surface area contributed by atoms with E-state index < -0.39 is 0 Å². The van der Waals surface area contributed by atoms with Crippen molar-refractivity contribution in [3.05, 3.63) is 48.8 Å². The summed E-state index contributed by atoms with van der Waals surface area (Å²) in [5, 5.41) is 10.5. The van der Waals surface area contributed by atoms with Crippen LogP contribution < -0.4 is 0 Å². The minimum absolute atomic E-state index is 0.165. The molecule has 0 atom stereocenters. The van der Waals surface area contributed by atoms with Gasteiger partial charge in [-0.05, 0) is 24.3 Å². The molecule has 78 valence electrons. The molecule has 0 radical (unpaired) electrons. The van der Waals surface area contributed by atoms with Crippen molar-refractivity contribution < 1.29 is 9.52 Å². The summed E-state index contributed by atoms with van der Waals surface area (Å²) >= 11 is 0.